The van der Waals surface area contributed by atoms with E-state index in [9.17, 15) is 4.79 Å². The number of halogens is 1. The van der Waals surface area contributed by atoms with E-state index >= 15 is 0 Å². The van der Waals surface area contributed by atoms with Gasteiger partial charge in [0.15, 0.2) is 10.8 Å². The molecule has 11 heteroatoms. The summed E-state index contributed by atoms with van der Waals surface area (Å²) in [7, 11) is 1.64. The summed E-state index contributed by atoms with van der Waals surface area (Å²) in [4.78, 5) is 34.1. The Morgan fingerprint density at radius 3 is 2.91 bits per heavy atom. The molecule has 2 unspecified atom stereocenters. The SMILES string of the molecule is CN=CN=C(N)c1cc2c(cn1)nc(CC(C)C)n2C1CCCC(NC(=O)c2ncc(Cl)s2)C1. The van der Waals surface area contributed by atoms with Crippen LogP contribution in [0.4, 0.5) is 0 Å². The molecular weight excluding hydrogens is 472 g/mol. The first-order chi connectivity index (χ1) is 16.4. The molecule has 1 aliphatic rings. The molecule has 0 aromatic carbocycles. The number of fused-ring (bicyclic) bond motifs is 1. The molecule has 0 radical (unpaired) electrons. The van der Waals surface area contributed by atoms with Crippen molar-refractivity contribution in [2.45, 2.75) is 58.0 Å². The number of carbonyl (C=O) groups excluding carboxylic acids is 1. The summed E-state index contributed by atoms with van der Waals surface area (Å²) < 4.78 is 2.83. The number of hydrogen-bond acceptors (Lipinski definition) is 6. The van der Waals surface area contributed by atoms with Crippen molar-refractivity contribution in [2.75, 3.05) is 7.05 Å². The van der Waals surface area contributed by atoms with Crippen LogP contribution >= 0.6 is 22.9 Å². The van der Waals surface area contributed by atoms with E-state index in [1.165, 1.54) is 23.9 Å². The molecule has 1 aliphatic carbocycles. The zero-order chi connectivity index (χ0) is 24.2. The van der Waals surface area contributed by atoms with Gasteiger partial charge in [-0.15, -0.1) is 0 Å². The van der Waals surface area contributed by atoms with Crippen LogP contribution in [0.2, 0.25) is 4.34 Å². The van der Waals surface area contributed by atoms with Gasteiger partial charge in [0.1, 0.15) is 27.7 Å². The maximum absolute atomic E-state index is 12.7. The van der Waals surface area contributed by atoms with E-state index < -0.39 is 0 Å². The topological polar surface area (TPSA) is 123 Å². The molecule has 3 aromatic rings. The third-order valence-corrected chi connectivity index (χ3v) is 6.95. The molecule has 34 heavy (non-hydrogen) atoms. The van der Waals surface area contributed by atoms with Crippen molar-refractivity contribution in [1.82, 2.24) is 24.8 Å². The summed E-state index contributed by atoms with van der Waals surface area (Å²) in [5.41, 5.74) is 8.53. The number of imidazole rings is 1. The summed E-state index contributed by atoms with van der Waals surface area (Å²) in [6, 6.07) is 2.20. The Bertz CT molecular complexity index is 1230. The number of carbonyl (C=O) groups is 1. The quantitative estimate of drug-likeness (QED) is 0.374. The van der Waals surface area contributed by atoms with E-state index in [0.29, 0.717) is 26.8 Å². The molecule has 3 N–H and O–H groups in total. The number of hydrogen-bond donors (Lipinski definition) is 2. The highest BCUT2D eigenvalue weighted by molar-refractivity contribution is 7.17. The third-order valence-electron chi connectivity index (χ3n) is 5.83. The van der Waals surface area contributed by atoms with Gasteiger partial charge in [-0.1, -0.05) is 36.8 Å². The lowest BCUT2D eigenvalue weighted by atomic mass is 9.90. The molecule has 0 saturated heterocycles. The number of thiazole rings is 1. The molecule has 0 bridgehead atoms. The summed E-state index contributed by atoms with van der Waals surface area (Å²) >= 11 is 7.14. The number of amides is 1. The van der Waals surface area contributed by atoms with Crippen LogP contribution in [0, 0.1) is 5.92 Å². The van der Waals surface area contributed by atoms with Crippen LogP contribution in [0.3, 0.4) is 0 Å². The normalized spacial score (nSPS) is 19.4. The van der Waals surface area contributed by atoms with Gasteiger partial charge in [-0.05, 0) is 37.7 Å². The zero-order valence-corrected chi connectivity index (χ0v) is 21.1. The Kier molecular flexibility index (Phi) is 7.57. The van der Waals surface area contributed by atoms with Gasteiger partial charge in [-0.3, -0.25) is 14.8 Å². The minimum atomic E-state index is -0.173. The maximum Gasteiger partial charge on any atom is 0.280 e. The lowest BCUT2D eigenvalue weighted by molar-refractivity contribution is 0.0920. The molecular formula is C23H29ClN8OS. The fraction of sp³-hybridized carbons (Fsp3) is 0.478. The van der Waals surface area contributed by atoms with Gasteiger partial charge in [0.2, 0.25) is 0 Å². The highest BCUT2D eigenvalue weighted by atomic mass is 35.5. The standard InChI is InChI=1S/C23H29ClN8OS/c1-13(2)7-20-31-17-10-27-16(21(25)29-12-26-3)9-18(17)32(20)15-6-4-5-14(8-15)30-22(33)23-28-11-19(24)34-23/h9-15H,4-8H2,1-3H3,(H,30,33)(H2,25,26,29). The van der Waals surface area contributed by atoms with Gasteiger partial charge in [-0.25, -0.2) is 15.0 Å². The van der Waals surface area contributed by atoms with Crippen molar-refractivity contribution in [3.63, 3.8) is 0 Å². The molecule has 4 rings (SSSR count). The van der Waals surface area contributed by atoms with E-state index in [1.54, 1.807) is 13.2 Å². The van der Waals surface area contributed by atoms with Crippen LogP contribution in [-0.2, 0) is 6.42 Å². The summed E-state index contributed by atoms with van der Waals surface area (Å²) in [5, 5.41) is 3.54. The third kappa shape index (κ3) is 5.44. The van der Waals surface area contributed by atoms with Crippen molar-refractivity contribution in [3.05, 3.63) is 39.3 Å². The molecule has 3 aromatic heterocycles. The van der Waals surface area contributed by atoms with Crippen LogP contribution in [-0.4, -0.2) is 50.7 Å². The fourth-order valence-corrected chi connectivity index (χ4v) is 5.24. The lowest BCUT2D eigenvalue weighted by Gasteiger charge is -2.32. The summed E-state index contributed by atoms with van der Waals surface area (Å²) in [6.07, 6.45) is 9.27. The Hall–Kier alpha value is -2.85. The Morgan fingerprint density at radius 2 is 2.21 bits per heavy atom. The van der Waals surface area contributed by atoms with Gasteiger partial charge in [0, 0.05) is 25.6 Å². The molecule has 2 atom stereocenters. The second kappa shape index (κ2) is 10.6. The largest absolute Gasteiger partial charge is 0.382 e. The first kappa shape index (κ1) is 24.3. The number of nitrogens with zero attached hydrogens (tertiary/aromatic N) is 6. The van der Waals surface area contributed by atoms with E-state index in [0.717, 1.165) is 49.0 Å². The van der Waals surface area contributed by atoms with Crippen LogP contribution in [0.15, 0.2) is 28.4 Å². The maximum atomic E-state index is 12.7. The van der Waals surface area contributed by atoms with Crippen molar-refractivity contribution >= 4 is 52.1 Å². The Labute approximate surface area is 207 Å². The number of aliphatic imine (C=N–C) groups is 2. The first-order valence-electron chi connectivity index (χ1n) is 11.4. The lowest BCUT2D eigenvalue weighted by Crippen LogP contribution is -2.39. The number of aromatic nitrogens is 4. The Morgan fingerprint density at radius 1 is 1.38 bits per heavy atom. The monoisotopic (exact) mass is 500 g/mol. The number of rotatable bonds is 7. The summed E-state index contributed by atoms with van der Waals surface area (Å²) in [6.45, 7) is 4.37. The van der Waals surface area contributed by atoms with Crippen molar-refractivity contribution in [2.24, 2.45) is 21.6 Å². The molecule has 9 nitrogen and oxygen atoms in total. The smallest absolute Gasteiger partial charge is 0.280 e. The second-order valence-corrected chi connectivity index (χ2v) is 10.6. The van der Waals surface area contributed by atoms with Crippen molar-refractivity contribution in [1.29, 1.82) is 0 Å². The molecule has 1 saturated carbocycles. The highest BCUT2D eigenvalue weighted by Gasteiger charge is 2.28. The average molecular weight is 501 g/mol. The van der Waals surface area contributed by atoms with Crippen molar-refractivity contribution in [3.8, 4) is 0 Å². The molecule has 0 spiro atoms. The molecule has 180 valence electrons. The van der Waals surface area contributed by atoms with Crippen molar-refractivity contribution < 1.29 is 4.79 Å². The molecule has 0 aliphatic heterocycles. The van der Waals surface area contributed by atoms with Crippen LogP contribution in [0.5, 0.6) is 0 Å². The highest BCUT2D eigenvalue weighted by Crippen LogP contribution is 2.34. The van der Waals surface area contributed by atoms with Gasteiger partial charge in [-0.2, -0.15) is 0 Å². The van der Waals surface area contributed by atoms with Gasteiger partial charge in [0.25, 0.3) is 5.91 Å². The van der Waals surface area contributed by atoms with Gasteiger partial charge in [0.05, 0.1) is 17.9 Å². The second-order valence-electron chi connectivity index (χ2n) is 8.90. The summed E-state index contributed by atoms with van der Waals surface area (Å²) in [5.74, 6) is 1.61. The predicted molar refractivity (Wildman–Crippen MR) is 137 cm³/mol. The molecule has 3 heterocycles. The minimum Gasteiger partial charge on any atom is -0.382 e. The molecule has 1 amide bonds. The van der Waals surface area contributed by atoms with Crippen LogP contribution in [0.25, 0.3) is 11.0 Å². The average Bonchev–Trinajstić information content (AvgIpc) is 3.39. The number of amidine groups is 1. The van der Waals surface area contributed by atoms with E-state index in [4.69, 9.17) is 22.3 Å². The Balaban J connectivity index is 1.65. The predicted octanol–water partition coefficient (Wildman–Crippen LogP) is 4.02. The minimum absolute atomic E-state index is 0.0481. The van der Waals surface area contributed by atoms with E-state index in [1.807, 2.05) is 6.07 Å². The number of nitrogens with one attached hydrogen (secondary N) is 1. The first-order valence-corrected chi connectivity index (χ1v) is 12.6. The van der Waals surface area contributed by atoms with E-state index in [2.05, 4.69) is 43.7 Å². The zero-order valence-electron chi connectivity index (χ0n) is 19.5. The molecule has 1 fully saturated rings. The van der Waals surface area contributed by atoms with E-state index in [-0.39, 0.29) is 18.0 Å². The van der Waals surface area contributed by atoms with Crippen LogP contribution in [0.1, 0.15) is 66.9 Å². The fourth-order valence-electron chi connectivity index (χ4n) is 4.43. The van der Waals surface area contributed by atoms with Gasteiger partial charge >= 0.3 is 0 Å². The number of pyridine rings is 1. The van der Waals surface area contributed by atoms with Gasteiger partial charge < -0.3 is 15.6 Å². The van der Waals surface area contributed by atoms with Crippen LogP contribution < -0.4 is 11.1 Å². The number of nitrogens with two attached hydrogens (primary N) is 1.